The molecule has 0 fully saturated rings. The molecule has 2 aromatic carbocycles. The zero-order chi connectivity index (χ0) is 19.8. The van der Waals surface area contributed by atoms with Crippen LogP contribution in [0.25, 0.3) is 0 Å². The van der Waals surface area contributed by atoms with Crippen molar-refractivity contribution in [1.29, 1.82) is 0 Å². The van der Waals surface area contributed by atoms with Crippen LogP contribution in [0.3, 0.4) is 0 Å². The van der Waals surface area contributed by atoms with E-state index < -0.39 is 0 Å². The fraction of sp³-hybridized carbons (Fsp3) is 0.391. The van der Waals surface area contributed by atoms with Gasteiger partial charge in [0.2, 0.25) is 0 Å². The molecule has 0 atom stereocenters. The molecule has 0 saturated carbocycles. The minimum atomic E-state index is 0. The van der Waals surface area contributed by atoms with Crippen LogP contribution in [0.15, 0.2) is 53.5 Å². The number of para-hydroxylation sites is 1. The summed E-state index contributed by atoms with van der Waals surface area (Å²) in [6.07, 6.45) is 4.22. The summed E-state index contributed by atoms with van der Waals surface area (Å²) in [7, 11) is 0. The third-order valence-electron chi connectivity index (χ3n) is 3.74. The van der Waals surface area contributed by atoms with Crippen molar-refractivity contribution in [1.82, 2.24) is 0 Å². The highest BCUT2D eigenvalue weighted by atomic mass is 16.1. The van der Waals surface area contributed by atoms with Gasteiger partial charge in [0.25, 0.3) is 0 Å². The predicted molar refractivity (Wildman–Crippen MR) is 122 cm³/mol. The standard InChI is InChI=1S/C15H24N2.C7H8.CH2O.H2O.H2/c1-5-11-17(12-6-2)14-10-8-9-13(4)15(14)16-7-3;1-7-5-3-2-4-6-7;1-2;;/h7-10H,5-6,11-12H2,1-4H3;2-6H,1H3;1H2;1H2;1H. The van der Waals surface area contributed by atoms with Crippen molar-refractivity contribution < 1.29 is 11.7 Å². The van der Waals surface area contributed by atoms with E-state index in [2.05, 4.69) is 67.9 Å². The van der Waals surface area contributed by atoms with Crippen molar-refractivity contribution in [3.05, 3.63) is 59.7 Å². The lowest BCUT2D eigenvalue weighted by atomic mass is 10.1. The second-order valence-electron chi connectivity index (χ2n) is 5.97. The largest absolute Gasteiger partial charge is 0.412 e. The van der Waals surface area contributed by atoms with Crippen LogP contribution in [-0.4, -0.2) is 31.6 Å². The molecule has 4 heteroatoms. The molecule has 152 valence electrons. The third-order valence-corrected chi connectivity index (χ3v) is 3.74. The van der Waals surface area contributed by atoms with Crippen LogP contribution in [0, 0.1) is 13.8 Å². The smallest absolute Gasteiger partial charge is 0.106 e. The number of benzene rings is 2. The zero-order valence-electron chi connectivity index (χ0n) is 17.5. The number of carbonyl (C=O) groups excluding carboxylic acids is 1. The summed E-state index contributed by atoms with van der Waals surface area (Å²) in [5.74, 6) is 0. The lowest BCUT2D eigenvalue weighted by Gasteiger charge is -2.25. The van der Waals surface area contributed by atoms with E-state index in [1.807, 2.05) is 38.1 Å². The van der Waals surface area contributed by atoms with Crippen molar-refractivity contribution in [2.75, 3.05) is 18.0 Å². The first-order valence-corrected chi connectivity index (χ1v) is 9.27. The Morgan fingerprint density at radius 3 is 1.93 bits per heavy atom. The first kappa shape index (κ1) is 26.8. The molecule has 0 saturated heterocycles. The van der Waals surface area contributed by atoms with E-state index in [1.165, 1.54) is 29.7 Å². The van der Waals surface area contributed by atoms with Gasteiger partial charge < -0.3 is 15.2 Å². The second kappa shape index (κ2) is 17.0. The molecule has 2 N–H and O–H groups in total. The van der Waals surface area contributed by atoms with Crippen LogP contribution in [0.2, 0.25) is 0 Å². The van der Waals surface area contributed by atoms with Crippen molar-refractivity contribution >= 4 is 24.4 Å². The molecule has 0 aromatic heterocycles. The average molecular weight is 375 g/mol. The topological polar surface area (TPSA) is 64.2 Å². The summed E-state index contributed by atoms with van der Waals surface area (Å²) in [5, 5.41) is 0. The SMILES string of the molecule is C=O.CC=Nc1c(C)cccc1N(CCC)CCC.Cc1ccccc1.O.[HH]. The Bertz CT molecular complexity index is 628. The van der Waals surface area contributed by atoms with Gasteiger partial charge >= 0.3 is 0 Å². The number of nitrogens with zero attached hydrogens (tertiary/aromatic N) is 2. The Morgan fingerprint density at radius 2 is 1.52 bits per heavy atom. The van der Waals surface area contributed by atoms with Crippen LogP contribution < -0.4 is 4.90 Å². The summed E-state index contributed by atoms with van der Waals surface area (Å²) in [6.45, 7) is 14.8. The molecule has 0 heterocycles. The molecule has 0 unspecified atom stereocenters. The van der Waals surface area contributed by atoms with Gasteiger partial charge in [0, 0.05) is 20.7 Å². The van der Waals surface area contributed by atoms with E-state index in [1.54, 1.807) is 0 Å². The molecular formula is C23H38N2O2. The number of carbonyl (C=O) groups is 1. The highest BCUT2D eigenvalue weighted by Gasteiger charge is 2.10. The minimum absolute atomic E-state index is 0. The molecule has 0 aliphatic carbocycles. The lowest BCUT2D eigenvalue weighted by Crippen LogP contribution is -2.25. The van der Waals surface area contributed by atoms with E-state index in [9.17, 15) is 0 Å². The average Bonchev–Trinajstić information content (AvgIpc) is 2.66. The maximum atomic E-state index is 8.00. The molecule has 0 radical (unpaired) electrons. The van der Waals surface area contributed by atoms with E-state index >= 15 is 0 Å². The van der Waals surface area contributed by atoms with Gasteiger partial charge in [-0.15, -0.1) is 0 Å². The lowest BCUT2D eigenvalue weighted by molar-refractivity contribution is -0.0979. The number of aryl methyl sites for hydroxylation is 2. The van der Waals surface area contributed by atoms with Gasteiger partial charge in [0.1, 0.15) is 6.79 Å². The Hall–Kier alpha value is -2.46. The monoisotopic (exact) mass is 374 g/mol. The summed E-state index contributed by atoms with van der Waals surface area (Å²) in [6, 6.07) is 16.7. The number of hydrogen-bond donors (Lipinski definition) is 0. The van der Waals surface area contributed by atoms with Crippen molar-refractivity contribution in [3.63, 3.8) is 0 Å². The van der Waals surface area contributed by atoms with Gasteiger partial charge in [0.05, 0.1) is 11.4 Å². The number of aliphatic imine (C=N–C) groups is 1. The van der Waals surface area contributed by atoms with Crippen molar-refractivity contribution in [3.8, 4) is 0 Å². The number of hydrogen-bond acceptors (Lipinski definition) is 3. The molecule has 0 aliphatic rings. The zero-order valence-corrected chi connectivity index (χ0v) is 17.5. The highest BCUT2D eigenvalue weighted by molar-refractivity contribution is 5.75. The maximum Gasteiger partial charge on any atom is 0.106 e. The number of anilines is 1. The molecule has 0 aliphatic heterocycles. The van der Waals surface area contributed by atoms with Gasteiger partial charge in [-0.2, -0.15) is 0 Å². The summed E-state index contributed by atoms with van der Waals surface area (Å²) >= 11 is 0. The quantitative estimate of drug-likeness (QED) is 0.620. The first-order chi connectivity index (χ1) is 12.6. The highest BCUT2D eigenvalue weighted by Crippen LogP contribution is 2.32. The van der Waals surface area contributed by atoms with Gasteiger partial charge in [-0.25, -0.2) is 0 Å². The molecule has 2 rings (SSSR count). The Morgan fingerprint density at radius 1 is 0.963 bits per heavy atom. The predicted octanol–water partition coefficient (Wildman–Crippen LogP) is 5.58. The van der Waals surface area contributed by atoms with Crippen LogP contribution in [0.5, 0.6) is 0 Å². The molecular weight excluding hydrogens is 336 g/mol. The van der Waals surface area contributed by atoms with E-state index in [0.717, 1.165) is 18.8 Å². The molecule has 0 spiro atoms. The van der Waals surface area contributed by atoms with Crippen molar-refractivity contribution in [2.24, 2.45) is 4.99 Å². The van der Waals surface area contributed by atoms with Crippen LogP contribution in [0.1, 0.15) is 46.2 Å². The molecule has 0 amide bonds. The third kappa shape index (κ3) is 10.3. The molecule has 27 heavy (non-hydrogen) atoms. The van der Waals surface area contributed by atoms with Crippen LogP contribution >= 0.6 is 0 Å². The van der Waals surface area contributed by atoms with E-state index in [4.69, 9.17) is 4.79 Å². The van der Waals surface area contributed by atoms with Gasteiger partial charge in [-0.3, -0.25) is 4.99 Å². The first-order valence-electron chi connectivity index (χ1n) is 9.27. The van der Waals surface area contributed by atoms with Crippen LogP contribution in [-0.2, 0) is 4.79 Å². The van der Waals surface area contributed by atoms with Crippen molar-refractivity contribution in [2.45, 2.75) is 47.5 Å². The Labute approximate surface area is 166 Å². The Balaban J connectivity index is -0.000000479. The van der Waals surface area contributed by atoms with Gasteiger partial charge in [-0.05, 0) is 45.2 Å². The second-order valence-corrected chi connectivity index (χ2v) is 5.97. The summed E-state index contributed by atoms with van der Waals surface area (Å²) in [5.41, 5.74) is 4.96. The van der Waals surface area contributed by atoms with E-state index in [-0.39, 0.29) is 6.90 Å². The summed E-state index contributed by atoms with van der Waals surface area (Å²) in [4.78, 5) is 15.0. The van der Waals surface area contributed by atoms with Gasteiger partial charge in [0.15, 0.2) is 0 Å². The fourth-order valence-corrected chi connectivity index (χ4v) is 2.62. The molecule has 2 aromatic rings. The Kier molecular flexibility index (Phi) is 16.8. The normalized spacial score (nSPS) is 9.37. The fourth-order valence-electron chi connectivity index (χ4n) is 2.62. The number of rotatable bonds is 6. The van der Waals surface area contributed by atoms with Crippen LogP contribution in [0.4, 0.5) is 11.4 Å². The summed E-state index contributed by atoms with van der Waals surface area (Å²) < 4.78 is 0. The molecule has 4 nitrogen and oxygen atoms in total. The molecule has 0 bridgehead atoms. The van der Waals surface area contributed by atoms with Gasteiger partial charge in [-0.1, -0.05) is 61.9 Å². The minimum Gasteiger partial charge on any atom is -0.412 e. The maximum absolute atomic E-state index is 8.00. The van der Waals surface area contributed by atoms with E-state index in [0.29, 0.717) is 0 Å².